The summed E-state index contributed by atoms with van der Waals surface area (Å²) in [5.41, 5.74) is 0. The number of hydrogen-bond acceptors (Lipinski definition) is 4. The van der Waals surface area contributed by atoms with Gasteiger partial charge in [0.2, 0.25) is 0 Å². The third-order valence-electron chi connectivity index (χ3n) is 1.37. The van der Waals surface area contributed by atoms with Gasteiger partial charge in [0.1, 0.15) is 11.5 Å². The van der Waals surface area contributed by atoms with Gasteiger partial charge in [-0.1, -0.05) is 0 Å². The molecule has 1 aromatic carbocycles. The van der Waals surface area contributed by atoms with Gasteiger partial charge < -0.3 is 19.4 Å². The Morgan fingerprint density at radius 3 is 2.50 bits per heavy atom. The van der Waals surface area contributed by atoms with E-state index in [1.165, 1.54) is 7.11 Å². The third kappa shape index (κ3) is 3.91. The van der Waals surface area contributed by atoms with E-state index in [2.05, 4.69) is 0 Å². The van der Waals surface area contributed by atoms with Gasteiger partial charge in [0, 0.05) is 6.07 Å². The van der Waals surface area contributed by atoms with E-state index in [0.29, 0.717) is 11.5 Å². The molecule has 2 N–H and O–H groups in total. The molecule has 0 aromatic heterocycles. The second kappa shape index (κ2) is 6.33. The zero-order chi connectivity index (χ0) is 9.84. The van der Waals surface area contributed by atoms with Gasteiger partial charge >= 0.3 is 7.32 Å². The Kier molecular flexibility index (Phi) is 6.26. The molecule has 0 bridgehead atoms. The van der Waals surface area contributed by atoms with Gasteiger partial charge in [-0.3, -0.25) is 0 Å². The molecule has 1 rings (SSSR count). The molecule has 0 amide bonds. The summed E-state index contributed by atoms with van der Waals surface area (Å²) in [7, 11) is -0.276. The maximum atomic E-state index is 8.58. The summed E-state index contributed by atoms with van der Waals surface area (Å²) in [4.78, 5) is 0. The van der Waals surface area contributed by atoms with Crippen LogP contribution in [0.4, 0.5) is 0 Å². The van der Waals surface area contributed by atoms with Gasteiger partial charge in [0.05, 0.1) is 10.7 Å². The van der Waals surface area contributed by atoms with Crippen LogP contribution in [-0.2, 0) is 0 Å². The van der Waals surface area contributed by atoms with Crippen molar-refractivity contribution < 1.29 is 19.4 Å². The van der Waals surface area contributed by atoms with Gasteiger partial charge in [-0.25, -0.2) is 0 Å². The predicted octanol–water partition coefficient (Wildman–Crippen LogP) is 1.07. The number of hydrogen-bond donors (Lipinski definition) is 2. The molecule has 7 heteroatoms. The number of halogens is 2. The van der Waals surface area contributed by atoms with E-state index in [9.17, 15) is 0 Å². The lowest BCUT2D eigenvalue weighted by molar-refractivity contribution is 0.286. The first-order valence-corrected chi connectivity index (χ1v) is 4.57. The number of ether oxygens (including phenoxy) is 1. The molecule has 0 fully saturated rings. The Morgan fingerprint density at radius 2 is 2.00 bits per heavy atom. The summed E-state index contributed by atoms with van der Waals surface area (Å²) in [5, 5.41) is 17.2. The first kappa shape index (κ1) is 13.8. The fourth-order valence-corrected chi connectivity index (χ4v) is 1.28. The van der Waals surface area contributed by atoms with Gasteiger partial charge in [-0.05, 0) is 34.7 Å². The summed E-state index contributed by atoms with van der Waals surface area (Å²) in [6, 6.07) is 5.11. The Balaban J connectivity index is 0.00000169. The van der Waals surface area contributed by atoms with Crippen LogP contribution in [0.5, 0.6) is 11.5 Å². The summed E-state index contributed by atoms with van der Waals surface area (Å²) in [6.07, 6.45) is 0. The van der Waals surface area contributed by atoms with E-state index in [1.54, 1.807) is 18.2 Å². The Labute approximate surface area is 102 Å². The van der Waals surface area contributed by atoms with Crippen molar-refractivity contribution in [2.45, 2.75) is 0 Å². The molecule has 0 aliphatic heterocycles. The molecular formula is C7H9BClIO4. The maximum absolute atomic E-state index is 8.58. The molecule has 1 aromatic rings. The van der Waals surface area contributed by atoms with E-state index >= 15 is 0 Å². The molecule has 0 heterocycles. The Morgan fingerprint density at radius 1 is 1.36 bits per heavy atom. The van der Waals surface area contributed by atoms with Gasteiger partial charge in [-0.15, -0.1) is 12.4 Å². The molecule has 14 heavy (non-hydrogen) atoms. The minimum Gasteiger partial charge on any atom is -0.511 e. The van der Waals surface area contributed by atoms with Crippen molar-refractivity contribution in [1.82, 2.24) is 0 Å². The van der Waals surface area contributed by atoms with E-state index in [1.807, 2.05) is 22.6 Å². The summed E-state index contributed by atoms with van der Waals surface area (Å²) in [5.74, 6) is 0.992. The van der Waals surface area contributed by atoms with Crippen LogP contribution in [-0.4, -0.2) is 24.5 Å². The lowest BCUT2D eigenvalue weighted by Crippen LogP contribution is -2.21. The number of benzene rings is 1. The quantitative estimate of drug-likeness (QED) is 0.643. The highest BCUT2D eigenvalue weighted by atomic mass is 127. The first-order valence-electron chi connectivity index (χ1n) is 3.50. The zero-order valence-electron chi connectivity index (χ0n) is 7.31. The van der Waals surface area contributed by atoms with Gasteiger partial charge in [0.15, 0.2) is 0 Å². The monoisotopic (exact) mass is 330 g/mol. The summed E-state index contributed by atoms with van der Waals surface area (Å²) in [6.45, 7) is 0. The number of methoxy groups -OCH3 is 1. The summed E-state index contributed by atoms with van der Waals surface area (Å²) < 4.78 is 10.4. The highest BCUT2D eigenvalue weighted by Gasteiger charge is 2.13. The van der Waals surface area contributed by atoms with Crippen LogP contribution in [0.25, 0.3) is 0 Å². The van der Waals surface area contributed by atoms with Crippen molar-refractivity contribution in [1.29, 1.82) is 0 Å². The average Bonchev–Trinajstić information content (AvgIpc) is 2.08. The Hall–Kier alpha value is -0.175. The lowest BCUT2D eigenvalue weighted by atomic mass is 10.2. The van der Waals surface area contributed by atoms with Crippen molar-refractivity contribution in [3.63, 3.8) is 0 Å². The third-order valence-corrected chi connectivity index (χ3v) is 2.26. The van der Waals surface area contributed by atoms with Crippen LogP contribution < -0.4 is 9.39 Å². The van der Waals surface area contributed by atoms with Crippen LogP contribution in [0.3, 0.4) is 0 Å². The molecule has 0 atom stereocenters. The molecule has 0 spiro atoms. The molecule has 0 unspecified atom stereocenters. The predicted molar refractivity (Wildman–Crippen MR) is 63.8 cm³/mol. The highest BCUT2D eigenvalue weighted by Crippen LogP contribution is 2.25. The molecule has 0 saturated heterocycles. The minimum atomic E-state index is -1.80. The fourth-order valence-electron chi connectivity index (χ4n) is 0.815. The SMILES string of the molecule is COc1ccc(I)c(OB(O)O)c1.Cl. The van der Waals surface area contributed by atoms with Crippen molar-refractivity contribution in [2.24, 2.45) is 0 Å². The zero-order valence-corrected chi connectivity index (χ0v) is 10.3. The molecule has 0 saturated carbocycles. The smallest absolute Gasteiger partial charge is 0.511 e. The second-order valence-electron chi connectivity index (χ2n) is 2.24. The van der Waals surface area contributed by atoms with Crippen molar-refractivity contribution in [3.05, 3.63) is 21.8 Å². The lowest BCUT2D eigenvalue weighted by Gasteiger charge is -2.08. The molecule has 0 radical (unpaired) electrons. The molecule has 0 aliphatic rings. The van der Waals surface area contributed by atoms with E-state index in [-0.39, 0.29) is 12.4 Å². The van der Waals surface area contributed by atoms with Gasteiger partial charge in [0.25, 0.3) is 0 Å². The van der Waals surface area contributed by atoms with Crippen LogP contribution in [0, 0.1) is 3.57 Å². The maximum Gasteiger partial charge on any atom is 0.707 e. The van der Waals surface area contributed by atoms with E-state index in [4.69, 9.17) is 19.4 Å². The minimum absolute atomic E-state index is 0. The second-order valence-corrected chi connectivity index (χ2v) is 3.40. The fraction of sp³-hybridized carbons (Fsp3) is 0.143. The Bertz CT molecular complexity index is 297. The number of rotatable bonds is 3. The highest BCUT2D eigenvalue weighted by molar-refractivity contribution is 14.1. The molecule has 4 nitrogen and oxygen atoms in total. The van der Waals surface area contributed by atoms with Crippen LogP contribution >= 0.6 is 35.0 Å². The van der Waals surface area contributed by atoms with Crippen molar-refractivity contribution >= 4 is 42.3 Å². The van der Waals surface area contributed by atoms with Gasteiger partial charge in [-0.2, -0.15) is 0 Å². The van der Waals surface area contributed by atoms with Crippen LogP contribution in [0.1, 0.15) is 0 Å². The molecule has 0 aliphatic carbocycles. The largest absolute Gasteiger partial charge is 0.707 e. The van der Waals surface area contributed by atoms with Crippen molar-refractivity contribution in [2.75, 3.05) is 7.11 Å². The standard InChI is InChI=1S/C7H8BIO4.ClH/c1-12-5-2-3-6(9)7(4-5)13-8(10)11;/h2-4,10-11H,1H3;1H. The average molecular weight is 330 g/mol. The normalized spacial score (nSPS) is 8.86. The van der Waals surface area contributed by atoms with Crippen molar-refractivity contribution in [3.8, 4) is 11.5 Å². The molecular weight excluding hydrogens is 321 g/mol. The van der Waals surface area contributed by atoms with E-state index < -0.39 is 7.32 Å². The van der Waals surface area contributed by atoms with Crippen LogP contribution in [0.2, 0.25) is 0 Å². The van der Waals surface area contributed by atoms with E-state index in [0.717, 1.165) is 3.57 Å². The van der Waals surface area contributed by atoms with Crippen LogP contribution in [0.15, 0.2) is 18.2 Å². The molecule has 78 valence electrons. The topological polar surface area (TPSA) is 58.9 Å². The first-order chi connectivity index (χ1) is 6.13. The summed E-state index contributed by atoms with van der Waals surface area (Å²) >= 11 is 2.02.